The van der Waals surface area contributed by atoms with Gasteiger partial charge in [0.25, 0.3) is 0 Å². The Labute approximate surface area is 306 Å². The molecule has 282 valence electrons. The van der Waals surface area contributed by atoms with Gasteiger partial charge >= 0.3 is 0 Å². The quantitative estimate of drug-likeness (QED) is 0.0629. The summed E-state index contributed by atoms with van der Waals surface area (Å²) >= 11 is 0. The van der Waals surface area contributed by atoms with Crippen molar-refractivity contribution in [3.8, 4) is 0 Å². The van der Waals surface area contributed by atoms with E-state index in [1.807, 2.05) is 29.2 Å². The lowest BCUT2D eigenvalue weighted by molar-refractivity contribution is -0.132. The van der Waals surface area contributed by atoms with Crippen LogP contribution in [0.2, 0.25) is 0 Å². The molecular formula is C37H57N13O2. The van der Waals surface area contributed by atoms with E-state index in [0.717, 1.165) is 79.6 Å². The molecule has 2 aliphatic rings. The minimum atomic E-state index is -0.740. The number of carbonyl (C=O) groups is 2. The second-order valence-corrected chi connectivity index (χ2v) is 14.2. The lowest BCUT2D eigenvalue weighted by Gasteiger charge is -2.33. The van der Waals surface area contributed by atoms with Crippen LogP contribution in [-0.4, -0.2) is 97.3 Å². The number of likely N-dealkylation sites (tertiary alicyclic amines) is 1. The second kappa shape index (κ2) is 19.4. The average molecular weight is 716 g/mol. The highest BCUT2D eigenvalue weighted by molar-refractivity contribution is 5.90. The van der Waals surface area contributed by atoms with Crippen LogP contribution in [0.3, 0.4) is 0 Å². The minimum absolute atomic E-state index is 0.0244. The molecule has 6 rings (SSSR count). The third-order valence-corrected chi connectivity index (χ3v) is 10.2. The van der Waals surface area contributed by atoms with E-state index < -0.39 is 6.04 Å². The first-order valence-electron chi connectivity index (χ1n) is 19.2. The van der Waals surface area contributed by atoms with Crippen LogP contribution in [0.5, 0.6) is 0 Å². The van der Waals surface area contributed by atoms with Gasteiger partial charge in [-0.1, -0.05) is 31.4 Å². The number of nitrogens with two attached hydrogens (primary N) is 1. The van der Waals surface area contributed by atoms with Crippen LogP contribution in [0.1, 0.15) is 82.0 Å². The molecular weight excluding hydrogens is 658 g/mol. The van der Waals surface area contributed by atoms with Gasteiger partial charge in [-0.3, -0.25) is 19.4 Å². The molecule has 4 aromatic rings. The Morgan fingerprint density at radius 1 is 0.942 bits per heavy atom. The van der Waals surface area contributed by atoms with Gasteiger partial charge in [-0.25, -0.2) is 9.97 Å². The highest BCUT2D eigenvalue weighted by Gasteiger charge is 2.25. The van der Waals surface area contributed by atoms with Crippen LogP contribution in [-0.2, 0) is 29.2 Å². The molecule has 1 aliphatic heterocycles. The number of nitrogens with one attached hydrogen (secondary N) is 7. The summed E-state index contributed by atoms with van der Waals surface area (Å²) in [4.78, 5) is 43.7. The molecule has 15 heteroatoms. The fraction of sp³-hybridized carbons (Fsp3) is 0.595. The van der Waals surface area contributed by atoms with E-state index in [2.05, 4.69) is 52.5 Å². The van der Waals surface area contributed by atoms with Gasteiger partial charge < -0.3 is 42.2 Å². The molecule has 1 aromatic carbocycles. The molecule has 0 spiro atoms. The number of nitrogens with zero attached hydrogens (tertiary/aromatic N) is 5. The summed E-state index contributed by atoms with van der Waals surface area (Å²) < 4.78 is 2.13. The molecule has 1 atom stereocenters. The summed E-state index contributed by atoms with van der Waals surface area (Å²) in [6.07, 6.45) is 16.6. The highest BCUT2D eigenvalue weighted by Crippen LogP contribution is 2.25. The number of fused-ring (bicyclic) bond motifs is 1. The number of para-hydroxylation sites is 1. The van der Waals surface area contributed by atoms with E-state index in [-0.39, 0.29) is 24.3 Å². The van der Waals surface area contributed by atoms with E-state index in [1.165, 1.54) is 38.5 Å². The van der Waals surface area contributed by atoms with Crippen LogP contribution >= 0.6 is 0 Å². The first-order valence-corrected chi connectivity index (χ1v) is 19.2. The number of H-pyrrole nitrogens is 2. The van der Waals surface area contributed by atoms with Gasteiger partial charge in [0, 0.05) is 55.9 Å². The number of piperidine rings is 1. The van der Waals surface area contributed by atoms with E-state index in [1.54, 1.807) is 12.5 Å². The number of aromatic amines is 2. The number of amides is 2. The van der Waals surface area contributed by atoms with Crippen molar-refractivity contribution in [2.45, 2.75) is 108 Å². The standard InChI is InChI=1S/C37H57N13O2/c38-32(36(52)42-23-29-22-40-26-44-29)12-13-34(51)49-20-14-28(15-21-49)45-35-31-10-4-5-11-33(31)46-37(47-35)43-24-30-25-50(48-30)19-7-17-39-16-6-18-41-27-8-2-1-3-9-27/h4-5,10-11,22,25-28,32,39,41,48H,1-3,6-9,12-21,23-24,38H2,(H,40,44)(H,42,52)(H2,43,45,46,47)/t32-/m0/s1. The van der Waals surface area contributed by atoms with E-state index in [0.29, 0.717) is 38.5 Å². The van der Waals surface area contributed by atoms with E-state index in [9.17, 15) is 9.59 Å². The maximum Gasteiger partial charge on any atom is 0.237 e. The van der Waals surface area contributed by atoms with Crippen molar-refractivity contribution >= 4 is 34.5 Å². The second-order valence-electron chi connectivity index (χ2n) is 14.2. The van der Waals surface area contributed by atoms with Gasteiger partial charge in [0.2, 0.25) is 17.8 Å². The monoisotopic (exact) mass is 715 g/mol. The van der Waals surface area contributed by atoms with Crippen molar-refractivity contribution in [1.82, 2.24) is 50.6 Å². The number of carbonyl (C=O) groups excluding carboxylic acids is 2. The van der Waals surface area contributed by atoms with E-state index >= 15 is 0 Å². The SMILES string of the molecule is N[C@@H](CCC(=O)N1CCC(Nc2nc(NCc3cn(CCCNCCCNC4CCCCC4)[nH]3)nc3ccccc23)CC1)C(=O)NCc1cnc[nH]1. The first kappa shape index (κ1) is 37.3. The van der Waals surface area contributed by atoms with Crippen LogP contribution in [0, 0.1) is 0 Å². The Bertz CT molecular complexity index is 1640. The topological polar surface area (TPSA) is 199 Å². The molecule has 9 N–H and O–H groups in total. The van der Waals surface area contributed by atoms with Gasteiger partial charge in [0.15, 0.2) is 0 Å². The lowest BCUT2D eigenvalue weighted by Crippen LogP contribution is -2.44. The Hall–Kier alpha value is -4.47. The molecule has 3 aromatic heterocycles. The molecule has 4 heterocycles. The van der Waals surface area contributed by atoms with Gasteiger partial charge in [0.1, 0.15) is 5.82 Å². The van der Waals surface area contributed by atoms with Gasteiger partial charge in [-0.15, -0.1) is 0 Å². The fourth-order valence-corrected chi connectivity index (χ4v) is 7.07. The normalized spacial score (nSPS) is 16.3. The minimum Gasteiger partial charge on any atom is -0.367 e. The zero-order chi connectivity index (χ0) is 36.0. The first-order chi connectivity index (χ1) is 25.5. The largest absolute Gasteiger partial charge is 0.367 e. The average Bonchev–Trinajstić information content (AvgIpc) is 3.69. The molecule has 1 saturated heterocycles. The van der Waals surface area contributed by atoms with Gasteiger partial charge in [0.05, 0.1) is 42.4 Å². The number of aryl methyl sites for hydroxylation is 1. The maximum absolute atomic E-state index is 12.9. The zero-order valence-corrected chi connectivity index (χ0v) is 30.3. The van der Waals surface area contributed by atoms with Crippen molar-refractivity contribution in [1.29, 1.82) is 0 Å². The Morgan fingerprint density at radius 3 is 2.56 bits per heavy atom. The number of rotatable bonds is 20. The molecule has 0 radical (unpaired) electrons. The summed E-state index contributed by atoms with van der Waals surface area (Å²) in [5.41, 5.74) is 8.82. The zero-order valence-electron chi connectivity index (χ0n) is 30.3. The highest BCUT2D eigenvalue weighted by atomic mass is 16.2. The van der Waals surface area contributed by atoms with Crippen molar-refractivity contribution in [3.05, 3.63) is 54.4 Å². The summed E-state index contributed by atoms with van der Waals surface area (Å²) in [7, 11) is 0. The maximum atomic E-state index is 12.9. The molecule has 52 heavy (non-hydrogen) atoms. The third kappa shape index (κ3) is 11.3. The molecule has 2 fully saturated rings. The van der Waals surface area contributed by atoms with Gasteiger partial charge in [-0.2, -0.15) is 4.98 Å². The molecule has 0 unspecified atom stereocenters. The Kier molecular flexibility index (Phi) is 13.9. The Morgan fingerprint density at radius 2 is 1.75 bits per heavy atom. The number of hydrogen-bond acceptors (Lipinski definition) is 10. The van der Waals surface area contributed by atoms with Crippen LogP contribution < -0.4 is 32.3 Å². The number of hydrogen-bond donors (Lipinski definition) is 8. The summed E-state index contributed by atoms with van der Waals surface area (Å²) in [5, 5.41) is 21.5. The van der Waals surface area contributed by atoms with Crippen molar-refractivity contribution in [2.24, 2.45) is 5.73 Å². The molecule has 1 aliphatic carbocycles. The van der Waals surface area contributed by atoms with E-state index in [4.69, 9.17) is 15.7 Å². The summed E-state index contributed by atoms with van der Waals surface area (Å²) in [6.45, 7) is 6.35. The smallest absolute Gasteiger partial charge is 0.237 e. The number of aromatic nitrogens is 6. The van der Waals surface area contributed by atoms with Crippen molar-refractivity contribution < 1.29 is 9.59 Å². The van der Waals surface area contributed by atoms with Gasteiger partial charge in [-0.05, 0) is 76.7 Å². The predicted octanol–water partition coefficient (Wildman–Crippen LogP) is 3.21. The molecule has 2 amide bonds. The summed E-state index contributed by atoms with van der Waals surface area (Å²) in [6, 6.07) is 8.19. The molecule has 15 nitrogen and oxygen atoms in total. The predicted molar refractivity (Wildman–Crippen MR) is 203 cm³/mol. The number of imidazole rings is 1. The lowest BCUT2D eigenvalue weighted by atomic mass is 9.95. The van der Waals surface area contributed by atoms with Crippen molar-refractivity contribution in [3.63, 3.8) is 0 Å². The Balaban J connectivity index is 0.879. The fourth-order valence-electron chi connectivity index (χ4n) is 7.07. The number of benzene rings is 1. The van der Waals surface area contributed by atoms with Crippen LogP contribution in [0.15, 0.2) is 43.0 Å². The molecule has 1 saturated carbocycles. The van der Waals surface area contributed by atoms with Crippen LogP contribution in [0.25, 0.3) is 10.9 Å². The third-order valence-electron chi connectivity index (χ3n) is 10.2. The van der Waals surface area contributed by atoms with Crippen LogP contribution in [0.4, 0.5) is 11.8 Å². The molecule has 0 bridgehead atoms. The number of anilines is 2. The van der Waals surface area contributed by atoms with Crippen molar-refractivity contribution in [2.75, 3.05) is 43.4 Å². The summed E-state index contributed by atoms with van der Waals surface area (Å²) in [5.74, 6) is 1.11.